The monoisotopic (exact) mass is 290 g/mol. The molecule has 0 aliphatic carbocycles. The summed E-state index contributed by atoms with van der Waals surface area (Å²) in [5.41, 5.74) is 4.43. The molecule has 0 aromatic heterocycles. The van der Waals surface area contributed by atoms with E-state index in [2.05, 4.69) is 84.1 Å². The quantitative estimate of drug-likeness (QED) is 0.839. The van der Waals surface area contributed by atoms with Gasteiger partial charge in [0, 0.05) is 12.1 Å². The van der Waals surface area contributed by atoms with Gasteiger partial charge in [-0.3, -0.25) is 0 Å². The first-order chi connectivity index (χ1) is 9.65. The van der Waals surface area contributed by atoms with Gasteiger partial charge in [-0.05, 0) is 58.8 Å². The third-order valence-corrected chi connectivity index (χ3v) is 4.68. The topological polar surface area (TPSA) is 15.3 Å². The van der Waals surface area contributed by atoms with Crippen molar-refractivity contribution in [1.82, 2.24) is 10.2 Å². The van der Waals surface area contributed by atoms with Crippen molar-refractivity contribution in [1.29, 1.82) is 0 Å². The summed E-state index contributed by atoms with van der Waals surface area (Å²) < 4.78 is 0. The van der Waals surface area contributed by atoms with Crippen LogP contribution in [0, 0.1) is 19.3 Å². The maximum atomic E-state index is 3.48. The van der Waals surface area contributed by atoms with Crippen LogP contribution in [-0.2, 0) is 0 Å². The maximum absolute atomic E-state index is 3.48. The number of aryl methyl sites for hydroxylation is 2. The van der Waals surface area contributed by atoms with E-state index in [1.165, 1.54) is 16.7 Å². The predicted octanol–water partition coefficient (Wildman–Crippen LogP) is 4.32. The normalized spacial score (nSPS) is 15.3. The molecule has 2 nitrogen and oxygen atoms in total. The molecule has 0 radical (unpaired) electrons. The molecular weight excluding hydrogens is 256 g/mol. The summed E-state index contributed by atoms with van der Waals surface area (Å²) in [5.74, 6) is 0. The lowest BCUT2D eigenvalue weighted by molar-refractivity contribution is 0.136. The van der Waals surface area contributed by atoms with Crippen LogP contribution in [0.25, 0.3) is 0 Å². The second-order valence-corrected chi connectivity index (χ2v) is 7.57. The molecular formula is C19H34N2. The van der Waals surface area contributed by atoms with Gasteiger partial charge in [0.15, 0.2) is 0 Å². The fourth-order valence-electron chi connectivity index (χ4n) is 2.88. The second kappa shape index (κ2) is 7.42. The summed E-state index contributed by atoms with van der Waals surface area (Å²) >= 11 is 0. The molecule has 1 N–H and O–H groups in total. The number of rotatable bonds is 6. The Morgan fingerprint density at radius 2 is 1.62 bits per heavy atom. The highest BCUT2D eigenvalue weighted by Gasteiger charge is 2.24. The van der Waals surface area contributed by atoms with E-state index in [4.69, 9.17) is 0 Å². The standard InChI is InChI=1S/C19H34N2/c1-14-11-15(2)13-17(12-14)18(20-7)9-10-21(8)16(3)19(4,5)6/h11-13,16,18,20H,9-10H2,1-8H3. The molecule has 2 heteroatoms. The number of hydrogen-bond donors (Lipinski definition) is 1. The number of nitrogens with zero attached hydrogens (tertiary/aromatic N) is 1. The van der Waals surface area contributed by atoms with Crippen LogP contribution in [0.4, 0.5) is 0 Å². The lowest BCUT2D eigenvalue weighted by Crippen LogP contribution is -2.40. The largest absolute Gasteiger partial charge is 0.313 e. The zero-order chi connectivity index (χ0) is 16.2. The summed E-state index contributed by atoms with van der Waals surface area (Å²) in [6.45, 7) is 14.7. The van der Waals surface area contributed by atoms with Crippen molar-refractivity contribution in [3.05, 3.63) is 34.9 Å². The average molecular weight is 290 g/mol. The van der Waals surface area contributed by atoms with Crippen LogP contribution < -0.4 is 5.32 Å². The molecule has 0 amide bonds. The second-order valence-electron chi connectivity index (χ2n) is 7.57. The number of nitrogens with one attached hydrogen (secondary N) is 1. The Balaban J connectivity index is 2.71. The van der Waals surface area contributed by atoms with Gasteiger partial charge in [-0.2, -0.15) is 0 Å². The minimum atomic E-state index is 0.323. The molecule has 1 aromatic carbocycles. The maximum Gasteiger partial charge on any atom is 0.0329 e. The molecule has 1 aromatic rings. The van der Waals surface area contributed by atoms with Crippen LogP contribution in [0.5, 0.6) is 0 Å². The van der Waals surface area contributed by atoms with Crippen molar-refractivity contribution in [3.8, 4) is 0 Å². The van der Waals surface area contributed by atoms with E-state index in [1.54, 1.807) is 0 Å². The first-order valence-corrected chi connectivity index (χ1v) is 8.11. The number of benzene rings is 1. The highest BCUT2D eigenvalue weighted by Crippen LogP contribution is 2.25. The fourth-order valence-corrected chi connectivity index (χ4v) is 2.88. The van der Waals surface area contributed by atoms with E-state index < -0.39 is 0 Å². The molecule has 0 saturated carbocycles. The molecule has 2 unspecified atom stereocenters. The van der Waals surface area contributed by atoms with Crippen molar-refractivity contribution in [2.45, 2.75) is 60.0 Å². The van der Waals surface area contributed by atoms with Crippen LogP contribution in [-0.4, -0.2) is 31.6 Å². The van der Waals surface area contributed by atoms with Crippen molar-refractivity contribution < 1.29 is 0 Å². The molecule has 1 rings (SSSR count). The van der Waals surface area contributed by atoms with E-state index in [0.29, 0.717) is 17.5 Å². The zero-order valence-corrected chi connectivity index (χ0v) is 15.2. The van der Waals surface area contributed by atoms with Gasteiger partial charge >= 0.3 is 0 Å². The molecule has 0 heterocycles. The molecule has 0 aliphatic rings. The molecule has 2 atom stereocenters. The Hall–Kier alpha value is -0.860. The highest BCUT2D eigenvalue weighted by molar-refractivity contribution is 5.30. The SMILES string of the molecule is CNC(CCN(C)C(C)C(C)(C)C)c1cc(C)cc(C)c1. The lowest BCUT2D eigenvalue weighted by Gasteiger charge is -2.36. The number of hydrogen-bond acceptors (Lipinski definition) is 2. The van der Waals surface area contributed by atoms with Gasteiger partial charge in [-0.1, -0.05) is 50.1 Å². The van der Waals surface area contributed by atoms with Gasteiger partial charge in [0.05, 0.1) is 0 Å². The van der Waals surface area contributed by atoms with Crippen LogP contribution >= 0.6 is 0 Å². The minimum Gasteiger partial charge on any atom is -0.313 e. The zero-order valence-electron chi connectivity index (χ0n) is 15.2. The van der Waals surface area contributed by atoms with Gasteiger partial charge < -0.3 is 10.2 Å². The molecule has 0 fully saturated rings. The van der Waals surface area contributed by atoms with Crippen molar-refractivity contribution in [2.24, 2.45) is 5.41 Å². The van der Waals surface area contributed by atoms with Crippen molar-refractivity contribution in [3.63, 3.8) is 0 Å². The Bertz CT molecular complexity index is 425. The van der Waals surface area contributed by atoms with Gasteiger partial charge in [-0.15, -0.1) is 0 Å². The third kappa shape index (κ3) is 5.44. The van der Waals surface area contributed by atoms with Gasteiger partial charge in [0.2, 0.25) is 0 Å². The Labute approximate surface area is 131 Å². The smallest absolute Gasteiger partial charge is 0.0329 e. The predicted molar refractivity (Wildman–Crippen MR) is 93.9 cm³/mol. The molecule has 120 valence electrons. The van der Waals surface area contributed by atoms with E-state index in [0.717, 1.165) is 13.0 Å². The van der Waals surface area contributed by atoms with Crippen LogP contribution in [0.1, 0.15) is 56.8 Å². The molecule has 0 saturated heterocycles. The van der Waals surface area contributed by atoms with Gasteiger partial charge in [0.25, 0.3) is 0 Å². The first kappa shape index (κ1) is 18.2. The Kier molecular flexibility index (Phi) is 6.42. The minimum absolute atomic E-state index is 0.323. The van der Waals surface area contributed by atoms with E-state index >= 15 is 0 Å². The van der Waals surface area contributed by atoms with E-state index in [1.807, 2.05) is 0 Å². The third-order valence-electron chi connectivity index (χ3n) is 4.68. The molecule has 21 heavy (non-hydrogen) atoms. The van der Waals surface area contributed by atoms with Crippen LogP contribution in [0.3, 0.4) is 0 Å². The Morgan fingerprint density at radius 1 is 1.10 bits per heavy atom. The van der Waals surface area contributed by atoms with Crippen molar-refractivity contribution >= 4 is 0 Å². The summed E-state index contributed by atoms with van der Waals surface area (Å²) in [6.07, 6.45) is 1.14. The molecule has 0 spiro atoms. The molecule has 0 aliphatic heterocycles. The lowest BCUT2D eigenvalue weighted by atomic mass is 9.87. The summed E-state index contributed by atoms with van der Waals surface area (Å²) in [4.78, 5) is 2.48. The fraction of sp³-hybridized carbons (Fsp3) is 0.684. The van der Waals surface area contributed by atoms with Crippen LogP contribution in [0.2, 0.25) is 0 Å². The average Bonchev–Trinajstić information content (AvgIpc) is 2.36. The summed E-state index contributed by atoms with van der Waals surface area (Å²) in [5, 5.41) is 3.48. The highest BCUT2D eigenvalue weighted by atomic mass is 15.1. The van der Waals surface area contributed by atoms with E-state index in [-0.39, 0.29) is 0 Å². The van der Waals surface area contributed by atoms with Gasteiger partial charge in [-0.25, -0.2) is 0 Å². The first-order valence-electron chi connectivity index (χ1n) is 8.11. The molecule has 0 bridgehead atoms. The van der Waals surface area contributed by atoms with Crippen LogP contribution in [0.15, 0.2) is 18.2 Å². The van der Waals surface area contributed by atoms with Gasteiger partial charge in [0.1, 0.15) is 0 Å². The van der Waals surface area contributed by atoms with Crippen molar-refractivity contribution in [2.75, 3.05) is 20.6 Å². The summed E-state index contributed by atoms with van der Waals surface area (Å²) in [6, 6.07) is 7.86. The summed E-state index contributed by atoms with van der Waals surface area (Å²) in [7, 11) is 4.31. The Morgan fingerprint density at radius 3 is 2.05 bits per heavy atom. The van der Waals surface area contributed by atoms with E-state index in [9.17, 15) is 0 Å².